The number of hydrogen-bond donors (Lipinski definition) is 1. The number of anilines is 1. The summed E-state index contributed by atoms with van der Waals surface area (Å²) in [6, 6.07) is 16.0. The second-order valence-corrected chi connectivity index (χ2v) is 4.98. The molecule has 4 nitrogen and oxygen atoms in total. The summed E-state index contributed by atoms with van der Waals surface area (Å²) >= 11 is 0. The van der Waals surface area contributed by atoms with Crippen molar-refractivity contribution in [3.05, 3.63) is 59.7 Å². The van der Waals surface area contributed by atoms with Crippen molar-refractivity contribution in [3.8, 4) is 11.8 Å². The van der Waals surface area contributed by atoms with Gasteiger partial charge in [0.05, 0.1) is 17.4 Å². The van der Waals surface area contributed by atoms with Crippen molar-refractivity contribution < 1.29 is 9.53 Å². The summed E-state index contributed by atoms with van der Waals surface area (Å²) in [7, 11) is 0. The first kappa shape index (κ1) is 15.6. The molecule has 1 N–H and O–H groups in total. The monoisotopic (exact) mass is 294 g/mol. The molecule has 0 spiro atoms. The third kappa shape index (κ3) is 3.86. The Kier molecular flexibility index (Phi) is 5.16. The van der Waals surface area contributed by atoms with Gasteiger partial charge in [0.15, 0.2) is 0 Å². The first-order valence-electron chi connectivity index (χ1n) is 7.21. The van der Waals surface area contributed by atoms with Gasteiger partial charge in [-0.25, -0.2) is 0 Å². The molecule has 1 unspecified atom stereocenters. The summed E-state index contributed by atoms with van der Waals surface area (Å²) in [4.78, 5) is 12.3. The van der Waals surface area contributed by atoms with Crippen LogP contribution in [0.15, 0.2) is 48.5 Å². The van der Waals surface area contributed by atoms with E-state index in [2.05, 4.69) is 11.4 Å². The van der Waals surface area contributed by atoms with E-state index in [1.165, 1.54) is 0 Å². The largest absolute Gasteiger partial charge is 0.491 e. The van der Waals surface area contributed by atoms with Gasteiger partial charge in [-0.1, -0.05) is 25.1 Å². The summed E-state index contributed by atoms with van der Waals surface area (Å²) in [5, 5.41) is 11.8. The van der Waals surface area contributed by atoms with Gasteiger partial charge >= 0.3 is 0 Å². The Morgan fingerprint density at radius 3 is 2.77 bits per heavy atom. The Morgan fingerprint density at radius 1 is 1.27 bits per heavy atom. The molecular weight excluding hydrogens is 276 g/mol. The van der Waals surface area contributed by atoms with Gasteiger partial charge in [-0.05, 0) is 43.7 Å². The van der Waals surface area contributed by atoms with Gasteiger partial charge in [0.25, 0.3) is 5.91 Å². The fraction of sp³-hybridized carbons (Fsp3) is 0.222. The summed E-state index contributed by atoms with van der Waals surface area (Å²) in [6.07, 6.45) is 0.990. The second-order valence-electron chi connectivity index (χ2n) is 4.98. The first-order chi connectivity index (χ1) is 10.6. The van der Waals surface area contributed by atoms with Gasteiger partial charge in [0.1, 0.15) is 11.8 Å². The van der Waals surface area contributed by atoms with Crippen molar-refractivity contribution in [2.75, 3.05) is 5.32 Å². The van der Waals surface area contributed by atoms with Crippen molar-refractivity contribution in [3.63, 3.8) is 0 Å². The second kappa shape index (κ2) is 7.28. The van der Waals surface area contributed by atoms with Crippen LogP contribution in [0.3, 0.4) is 0 Å². The lowest BCUT2D eigenvalue weighted by Crippen LogP contribution is -2.14. The third-order valence-electron chi connectivity index (χ3n) is 3.30. The van der Waals surface area contributed by atoms with Crippen LogP contribution in [0.1, 0.15) is 36.2 Å². The minimum Gasteiger partial charge on any atom is -0.491 e. The molecule has 0 bridgehead atoms. The predicted octanol–water partition coefficient (Wildman–Crippen LogP) is 3.99. The fourth-order valence-electron chi connectivity index (χ4n) is 1.91. The van der Waals surface area contributed by atoms with Crippen molar-refractivity contribution >= 4 is 11.6 Å². The van der Waals surface area contributed by atoms with Gasteiger partial charge in [0, 0.05) is 5.56 Å². The van der Waals surface area contributed by atoms with E-state index < -0.39 is 0 Å². The minimum absolute atomic E-state index is 0.0950. The number of hydrogen-bond acceptors (Lipinski definition) is 3. The minimum atomic E-state index is -0.266. The van der Waals surface area contributed by atoms with E-state index in [0.717, 1.165) is 6.42 Å². The van der Waals surface area contributed by atoms with Gasteiger partial charge in [-0.2, -0.15) is 5.26 Å². The van der Waals surface area contributed by atoms with Crippen LogP contribution in [0.5, 0.6) is 5.75 Å². The number of ether oxygens (including phenoxy) is 1. The number of nitrogens with zero attached hydrogens (tertiary/aromatic N) is 1. The number of rotatable bonds is 5. The number of carbonyl (C=O) groups is 1. The number of amides is 1. The zero-order chi connectivity index (χ0) is 15.9. The Balaban J connectivity index is 2.16. The van der Waals surface area contributed by atoms with Crippen LogP contribution in [0.4, 0.5) is 5.69 Å². The van der Waals surface area contributed by atoms with E-state index in [-0.39, 0.29) is 12.0 Å². The zero-order valence-corrected chi connectivity index (χ0v) is 12.7. The SMILES string of the molecule is CCC(C)Oc1cccc(C(=O)Nc2ccccc2C#N)c1. The van der Waals surface area contributed by atoms with E-state index in [0.29, 0.717) is 22.6 Å². The number of carbonyl (C=O) groups excluding carboxylic acids is 1. The van der Waals surface area contributed by atoms with Crippen LogP contribution >= 0.6 is 0 Å². The van der Waals surface area contributed by atoms with Gasteiger partial charge in [-0.15, -0.1) is 0 Å². The van der Waals surface area contributed by atoms with Crippen molar-refractivity contribution in [2.24, 2.45) is 0 Å². The maximum Gasteiger partial charge on any atom is 0.255 e. The van der Waals surface area contributed by atoms with Gasteiger partial charge in [-0.3, -0.25) is 4.79 Å². The van der Waals surface area contributed by atoms with E-state index >= 15 is 0 Å². The topological polar surface area (TPSA) is 62.1 Å². The highest BCUT2D eigenvalue weighted by Crippen LogP contribution is 2.19. The molecule has 0 fully saturated rings. The lowest BCUT2D eigenvalue weighted by atomic mass is 10.1. The Morgan fingerprint density at radius 2 is 2.05 bits per heavy atom. The summed E-state index contributed by atoms with van der Waals surface area (Å²) in [5.41, 5.74) is 1.43. The average molecular weight is 294 g/mol. The van der Waals surface area contributed by atoms with Crippen LogP contribution in [-0.4, -0.2) is 12.0 Å². The quantitative estimate of drug-likeness (QED) is 0.907. The van der Waals surface area contributed by atoms with Gasteiger partial charge < -0.3 is 10.1 Å². The van der Waals surface area contributed by atoms with Gasteiger partial charge in [0.2, 0.25) is 0 Å². The van der Waals surface area contributed by atoms with Crippen molar-refractivity contribution in [1.29, 1.82) is 5.26 Å². The molecule has 2 aromatic rings. The molecule has 0 aliphatic carbocycles. The predicted molar refractivity (Wildman–Crippen MR) is 85.9 cm³/mol. The number of nitriles is 1. The molecular formula is C18H18N2O2. The van der Waals surface area contributed by atoms with E-state index in [4.69, 9.17) is 10.00 Å². The Labute approximate surface area is 130 Å². The molecule has 1 atom stereocenters. The van der Waals surface area contributed by atoms with Crippen LogP contribution < -0.4 is 10.1 Å². The molecule has 2 rings (SSSR count). The van der Waals surface area contributed by atoms with Crippen LogP contribution in [0.2, 0.25) is 0 Å². The summed E-state index contributed by atoms with van der Waals surface area (Å²) < 4.78 is 5.72. The average Bonchev–Trinajstić information content (AvgIpc) is 2.55. The lowest BCUT2D eigenvalue weighted by Gasteiger charge is -2.13. The molecule has 0 aliphatic rings. The molecule has 2 aromatic carbocycles. The molecule has 22 heavy (non-hydrogen) atoms. The number of nitrogens with one attached hydrogen (secondary N) is 1. The highest BCUT2D eigenvalue weighted by Gasteiger charge is 2.10. The molecule has 0 aliphatic heterocycles. The van der Waals surface area contributed by atoms with Crippen molar-refractivity contribution in [2.45, 2.75) is 26.4 Å². The summed E-state index contributed by atoms with van der Waals surface area (Å²) in [6.45, 7) is 4.02. The Hall–Kier alpha value is -2.80. The van der Waals surface area contributed by atoms with Crippen molar-refractivity contribution in [1.82, 2.24) is 0 Å². The molecule has 0 radical (unpaired) electrons. The number of benzene rings is 2. The first-order valence-corrected chi connectivity index (χ1v) is 7.21. The third-order valence-corrected chi connectivity index (χ3v) is 3.30. The van der Waals surface area contributed by atoms with E-state index in [9.17, 15) is 4.79 Å². The highest BCUT2D eigenvalue weighted by atomic mass is 16.5. The van der Waals surface area contributed by atoms with E-state index in [1.54, 1.807) is 42.5 Å². The van der Waals surface area contributed by atoms with Crippen LogP contribution in [0.25, 0.3) is 0 Å². The smallest absolute Gasteiger partial charge is 0.255 e. The maximum absolute atomic E-state index is 12.3. The normalized spacial score (nSPS) is 11.3. The molecule has 0 heterocycles. The van der Waals surface area contributed by atoms with Crippen LogP contribution in [0, 0.1) is 11.3 Å². The number of para-hydroxylation sites is 1. The molecule has 1 amide bonds. The summed E-state index contributed by atoms with van der Waals surface area (Å²) in [5.74, 6) is 0.396. The highest BCUT2D eigenvalue weighted by molar-refractivity contribution is 6.05. The zero-order valence-electron chi connectivity index (χ0n) is 12.7. The molecule has 4 heteroatoms. The Bertz CT molecular complexity index is 704. The fourth-order valence-corrected chi connectivity index (χ4v) is 1.91. The molecule has 0 saturated heterocycles. The standard InChI is InChI=1S/C18H18N2O2/c1-3-13(2)22-16-9-6-8-14(11-16)18(21)20-17-10-5-4-7-15(17)12-19/h4-11,13H,3H2,1-2H3,(H,20,21). The lowest BCUT2D eigenvalue weighted by molar-refractivity contribution is 0.102. The molecule has 112 valence electrons. The maximum atomic E-state index is 12.3. The molecule has 0 aromatic heterocycles. The molecule has 0 saturated carbocycles. The van der Waals surface area contributed by atoms with E-state index in [1.807, 2.05) is 19.9 Å². The van der Waals surface area contributed by atoms with Crippen LogP contribution in [-0.2, 0) is 0 Å².